The van der Waals surface area contributed by atoms with E-state index in [1.165, 1.54) is 0 Å². The molecule has 1 atom stereocenters. The standard InChI is InChI=1S/C15H24BNO2/c1-7-15(4)14(2,3)18-16(19-15)12-9-8-10-13(11-12)17(5)6/h8-11H,7H2,1-6H3. The van der Waals surface area contributed by atoms with E-state index in [-0.39, 0.29) is 18.3 Å². The van der Waals surface area contributed by atoms with Crippen LogP contribution in [0.3, 0.4) is 0 Å². The molecular weight excluding hydrogens is 237 g/mol. The molecule has 4 heteroatoms. The molecule has 0 radical (unpaired) electrons. The number of benzene rings is 1. The Morgan fingerprint density at radius 2 is 1.84 bits per heavy atom. The Bertz CT molecular complexity index is 461. The molecule has 2 rings (SSSR count). The van der Waals surface area contributed by atoms with Gasteiger partial charge in [-0.1, -0.05) is 19.1 Å². The predicted octanol–water partition coefficient (Wildman–Crippen LogP) is 2.44. The van der Waals surface area contributed by atoms with Crippen molar-refractivity contribution in [3.8, 4) is 0 Å². The van der Waals surface area contributed by atoms with Crippen molar-refractivity contribution < 1.29 is 9.31 Å². The zero-order chi connectivity index (χ0) is 14.3. The smallest absolute Gasteiger partial charge is 0.399 e. The van der Waals surface area contributed by atoms with E-state index in [1.54, 1.807) is 0 Å². The zero-order valence-electron chi connectivity index (χ0n) is 12.9. The molecule has 0 aliphatic carbocycles. The number of anilines is 1. The summed E-state index contributed by atoms with van der Waals surface area (Å²) < 4.78 is 12.3. The highest BCUT2D eigenvalue weighted by Gasteiger charge is 2.53. The normalized spacial score (nSPS) is 25.7. The van der Waals surface area contributed by atoms with Crippen LogP contribution in [0, 0.1) is 0 Å². The van der Waals surface area contributed by atoms with E-state index in [0.29, 0.717) is 0 Å². The summed E-state index contributed by atoms with van der Waals surface area (Å²) in [5.41, 5.74) is 1.72. The van der Waals surface area contributed by atoms with E-state index in [2.05, 4.69) is 50.8 Å². The maximum absolute atomic E-state index is 6.19. The molecule has 1 aromatic carbocycles. The Kier molecular flexibility index (Phi) is 3.67. The summed E-state index contributed by atoms with van der Waals surface area (Å²) in [6.07, 6.45) is 0.934. The number of nitrogens with zero attached hydrogens (tertiary/aromatic N) is 1. The Morgan fingerprint density at radius 3 is 2.37 bits per heavy atom. The average molecular weight is 261 g/mol. The Labute approximate surface area is 117 Å². The first-order valence-electron chi connectivity index (χ1n) is 6.92. The molecule has 1 fully saturated rings. The molecule has 0 aromatic heterocycles. The van der Waals surface area contributed by atoms with Crippen LogP contribution in [0.5, 0.6) is 0 Å². The summed E-state index contributed by atoms with van der Waals surface area (Å²) >= 11 is 0. The van der Waals surface area contributed by atoms with E-state index >= 15 is 0 Å². The summed E-state index contributed by atoms with van der Waals surface area (Å²) in [6.45, 7) is 8.48. The molecule has 0 N–H and O–H groups in total. The van der Waals surface area contributed by atoms with Crippen LogP contribution in [0.1, 0.15) is 34.1 Å². The molecule has 1 heterocycles. The van der Waals surface area contributed by atoms with Crippen LogP contribution < -0.4 is 10.4 Å². The highest BCUT2D eigenvalue weighted by Crippen LogP contribution is 2.39. The molecule has 1 saturated heterocycles. The van der Waals surface area contributed by atoms with Gasteiger partial charge in [-0.05, 0) is 44.8 Å². The van der Waals surface area contributed by atoms with Gasteiger partial charge in [0, 0.05) is 19.8 Å². The molecule has 0 bridgehead atoms. The van der Waals surface area contributed by atoms with Crippen molar-refractivity contribution in [2.24, 2.45) is 0 Å². The van der Waals surface area contributed by atoms with E-state index in [1.807, 2.05) is 20.2 Å². The lowest BCUT2D eigenvalue weighted by molar-refractivity contribution is -0.0118. The monoisotopic (exact) mass is 261 g/mol. The quantitative estimate of drug-likeness (QED) is 0.780. The number of hydrogen-bond donors (Lipinski definition) is 0. The molecule has 0 saturated carbocycles. The SMILES string of the molecule is CCC1(C)OB(c2cccc(N(C)C)c2)OC1(C)C. The van der Waals surface area contributed by atoms with Crippen molar-refractivity contribution in [1.82, 2.24) is 0 Å². The average Bonchev–Trinajstić information content (AvgIpc) is 2.61. The maximum atomic E-state index is 6.19. The molecule has 3 nitrogen and oxygen atoms in total. The third-order valence-corrected chi connectivity index (χ3v) is 4.38. The fourth-order valence-corrected chi connectivity index (χ4v) is 2.39. The predicted molar refractivity (Wildman–Crippen MR) is 81.1 cm³/mol. The molecule has 104 valence electrons. The van der Waals surface area contributed by atoms with E-state index in [0.717, 1.165) is 17.6 Å². The highest BCUT2D eigenvalue weighted by atomic mass is 16.7. The molecule has 0 spiro atoms. The second-order valence-electron chi connectivity index (χ2n) is 6.15. The van der Waals surface area contributed by atoms with Crippen molar-refractivity contribution in [3.63, 3.8) is 0 Å². The van der Waals surface area contributed by atoms with Gasteiger partial charge in [-0.15, -0.1) is 0 Å². The molecule has 1 aliphatic rings. The number of rotatable bonds is 3. The van der Waals surface area contributed by atoms with Crippen LogP contribution in [0.2, 0.25) is 0 Å². The van der Waals surface area contributed by atoms with Gasteiger partial charge in [0.25, 0.3) is 0 Å². The topological polar surface area (TPSA) is 21.7 Å². The van der Waals surface area contributed by atoms with E-state index in [4.69, 9.17) is 9.31 Å². The summed E-state index contributed by atoms with van der Waals surface area (Å²) in [5, 5.41) is 0. The van der Waals surface area contributed by atoms with Gasteiger partial charge in [0.15, 0.2) is 0 Å². The van der Waals surface area contributed by atoms with Crippen molar-refractivity contribution in [3.05, 3.63) is 24.3 Å². The Balaban J connectivity index is 2.28. The lowest BCUT2D eigenvalue weighted by Gasteiger charge is -2.35. The zero-order valence-corrected chi connectivity index (χ0v) is 12.9. The first-order chi connectivity index (χ1) is 8.79. The van der Waals surface area contributed by atoms with E-state index in [9.17, 15) is 0 Å². The lowest BCUT2D eigenvalue weighted by atomic mass is 9.79. The Hall–Kier alpha value is -0.995. The lowest BCUT2D eigenvalue weighted by Crippen LogP contribution is -2.44. The van der Waals surface area contributed by atoms with Crippen molar-refractivity contribution in [1.29, 1.82) is 0 Å². The van der Waals surface area contributed by atoms with Crippen LogP contribution in [0.4, 0.5) is 5.69 Å². The minimum Gasteiger partial charge on any atom is -0.399 e. The Morgan fingerprint density at radius 1 is 1.16 bits per heavy atom. The van der Waals surface area contributed by atoms with Gasteiger partial charge in [-0.25, -0.2) is 0 Å². The van der Waals surface area contributed by atoms with Crippen molar-refractivity contribution in [2.45, 2.75) is 45.3 Å². The summed E-state index contributed by atoms with van der Waals surface area (Å²) in [5.74, 6) is 0. The number of hydrogen-bond acceptors (Lipinski definition) is 3. The van der Waals surface area contributed by atoms with Crippen LogP contribution in [0.15, 0.2) is 24.3 Å². The van der Waals surface area contributed by atoms with Crippen LogP contribution >= 0.6 is 0 Å². The van der Waals surface area contributed by atoms with Crippen LogP contribution in [0.25, 0.3) is 0 Å². The van der Waals surface area contributed by atoms with Crippen molar-refractivity contribution >= 4 is 18.3 Å². The second kappa shape index (κ2) is 4.84. The molecular formula is C15H24BNO2. The van der Waals surface area contributed by atoms with Gasteiger partial charge >= 0.3 is 7.12 Å². The molecule has 0 amide bonds. The minimum atomic E-state index is -0.278. The maximum Gasteiger partial charge on any atom is 0.494 e. The third kappa shape index (κ3) is 2.52. The van der Waals surface area contributed by atoms with Gasteiger partial charge in [0.05, 0.1) is 11.2 Å². The summed E-state index contributed by atoms with van der Waals surface area (Å²) in [7, 11) is 3.80. The fraction of sp³-hybridized carbons (Fsp3) is 0.600. The fourth-order valence-electron chi connectivity index (χ4n) is 2.39. The van der Waals surface area contributed by atoms with Crippen LogP contribution in [-0.4, -0.2) is 32.4 Å². The molecule has 19 heavy (non-hydrogen) atoms. The van der Waals surface area contributed by atoms with Gasteiger partial charge < -0.3 is 14.2 Å². The van der Waals surface area contributed by atoms with Gasteiger partial charge in [0.1, 0.15) is 0 Å². The molecule has 1 aliphatic heterocycles. The van der Waals surface area contributed by atoms with Crippen molar-refractivity contribution in [2.75, 3.05) is 19.0 Å². The first-order valence-corrected chi connectivity index (χ1v) is 6.92. The van der Waals surface area contributed by atoms with Gasteiger partial charge in [-0.3, -0.25) is 0 Å². The van der Waals surface area contributed by atoms with E-state index < -0.39 is 0 Å². The molecule has 1 aromatic rings. The van der Waals surface area contributed by atoms with Crippen LogP contribution in [-0.2, 0) is 9.31 Å². The molecule has 1 unspecified atom stereocenters. The van der Waals surface area contributed by atoms with Gasteiger partial charge in [0.2, 0.25) is 0 Å². The first kappa shape index (κ1) is 14.4. The largest absolute Gasteiger partial charge is 0.494 e. The highest BCUT2D eigenvalue weighted by molar-refractivity contribution is 6.62. The third-order valence-electron chi connectivity index (χ3n) is 4.38. The second-order valence-corrected chi connectivity index (χ2v) is 6.15. The summed E-state index contributed by atoms with van der Waals surface area (Å²) in [6, 6.07) is 8.33. The summed E-state index contributed by atoms with van der Waals surface area (Å²) in [4.78, 5) is 2.09. The van der Waals surface area contributed by atoms with Gasteiger partial charge in [-0.2, -0.15) is 0 Å². The minimum absolute atomic E-state index is 0.244.